The van der Waals surface area contributed by atoms with Crippen molar-refractivity contribution in [1.29, 1.82) is 0 Å². The highest BCUT2D eigenvalue weighted by Gasteiger charge is 2.23. The van der Waals surface area contributed by atoms with E-state index in [1.54, 1.807) is 6.92 Å². The van der Waals surface area contributed by atoms with E-state index in [9.17, 15) is 4.79 Å². The molecule has 3 nitrogen and oxygen atoms in total. The van der Waals surface area contributed by atoms with E-state index in [1.165, 1.54) is 0 Å². The third-order valence-corrected chi connectivity index (χ3v) is 3.65. The minimum atomic E-state index is -0.509. The number of carbonyl (C=O) groups excluding carboxylic acids is 1. The highest BCUT2D eigenvalue weighted by atomic mass is 79.9. The van der Waals surface area contributed by atoms with E-state index in [1.807, 2.05) is 45.9 Å². The summed E-state index contributed by atoms with van der Waals surface area (Å²) in [6.07, 6.45) is 0.369. The lowest BCUT2D eigenvalue weighted by Crippen LogP contribution is -2.48. The topological polar surface area (TPSA) is 38.3 Å². The van der Waals surface area contributed by atoms with Crippen molar-refractivity contribution in [3.63, 3.8) is 0 Å². The molecule has 0 aliphatic carbocycles. The monoisotopic (exact) mass is 327 g/mol. The zero-order valence-electron chi connectivity index (χ0n) is 12.2. The standard InChI is InChI=1S/C15H22BrNO2/c1-6-15(4,5)17-14(18)11(3)19-13-8-7-12(16)9-10(13)2/h7-9,11H,6H2,1-5H3,(H,17,18). The molecule has 1 aromatic rings. The first-order valence-corrected chi connectivity index (χ1v) is 7.29. The number of benzene rings is 1. The van der Waals surface area contributed by atoms with E-state index in [2.05, 4.69) is 21.2 Å². The molecule has 0 aliphatic heterocycles. The van der Waals surface area contributed by atoms with Gasteiger partial charge in [0, 0.05) is 10.0 Å². The Bertz CT molecular complexity index is 457. The normalized spacial score (nSPS) is 12.9. The lowest BCUT2D eigenvalue weighted by Gasteiger charge is -2.26. The van der Waals surface area contributed by atoms with Gasteiger partial charge in [0.05, 0.1) is 0 Å². The minimum absolute atomic E-state index is 0.0887. The lowest BCUT2D eigenvalue weighted by atomic mass is 10.0. The fraction of sp³-hybridized carbons (Fsp3) is 0.533. The van der Waals surface area contributed by atoms with Crippen LogP contribution in [0.4, 0.5) is 0 Å². The molecule has 0 bridgehead atoms. The Morgan fingerprint density at radius 2 is 2.11 bits per heavy atom. The third kappa shape index (κ3) is 4.86. The number of rotatable bonds is 5. The summed E-state index contributed by atoms with van der Waals surface area (Å²) in [4.78, 5) is 12.1. The fourth-order valence-corrected chi connectivity index (χ4v) is 1.99. The van der Waals surface area contributed by atoms with Gasteiger partial charge >= 0.3 is 0 Å². The molecule has 106 valence electrons. The molecule has 1 N–H and O–H groups in total. The van der Waals surface area contributed by atoms with E-state index in [-0.39, 0.29) is 11.4 Å². The minimum Gasteiger partial charge on any atom is -0.481 e. The van der Waals surface area contributed by atoms with Crippen LogP contribution in [0.2, 0.25) is 0 Å². The molecule has 0 spiro atoms. The van der Waals surface area contributed by atoms with Crippen LogP contribution in [0, 0.1) is 6.92 Å². The smallest absolute Gasteiger partial charge is 0.261 e. The first-order valence-electron chi connectivity index (χ1n) is 6.50. The zero-order valence-corrected chi connectivity index (χ0v) is 13.8. The van der Waals surface area contributed by atoms with E-state index in [0.717, 1.165) is 22.2 Å². The van der Waals surface area contributed by atoms with Crippen LogP contribution in [-0.2, 0) is 4.79 Å². The predicted octanol–water partition coefficient (Wildman–Crippen LogP) is 3.83. The molecule has 0 heterocycles. The number of aryl methyl sites for hydroxylation is 1. The molecular formula is C15H22BrNO2. The summed E-state index contributed by atoms with van der Waals surface area (Å²) in [6.45, 7) is 9.78. The Morgan fingerprint density at radius 1 is 1.47 bits per heavy atom. The molecule has 0 saturated heterocycles. The average Bonchev–Trinajstić information content (AvgIpc) is 2.32. The van der Waals surface area contributed by atoms with Gasteiger partial charge in [-0.15, -0.1) is 0 Å². The highest BCUT2D eigenvalue weighted by Crippen LogP contribution is 2.23. The highest BCUT2D eigenvalue weighted by molar-refractivity contribution is 9.10. The maximum absolute atomic E-state index is 12.1. The fourth-order valence-electron chi connectivity index (χ4n) is 1.51. The maximum atomic E-state index is 12.1. The zero-order chi connectivity index (χ0) is 14.6. The number of hydrogen-bond donors (Lipinski definition) is 1. The number of ether oxygens (including phenoxy) is 1. The summed E-state index contributed by atoms with van der Waals surface area (Å²) < 4.78 is 6.72. The van der Waals surface area contributed by atoms with Crippen LogP contribution in [0.25, 0.3) is 0 Å². The Kier molecular flexibility index (Phi) is 5.41. The van der Waals surface area contributed by atoms with Gasteiger partial charge < -0.3 is 10.1 Å². The molecule has 1 atom stereocenters. The van der Waals surface area contributed by atoms with Gasteiger partial charge in [0.2, 0.25) is 0 Å². The number of nitrogens with one attached hydrogen (secondary N) is 1. The summed E-state index contributed by atoms with van der Waals surface area (Å²) in [5.41, 5.74) is 0.799. The Hall–Kier alpha value is -1.03. The third-order valence-electron chi connectivity index (χ3n) is 3.16. The first-order chi connectivity index (χ1) is 8.75. The molecule has 1 unspecified atom stereocenters. The van der Waals surface area contributed by atoms with Gasteiger partial charge in [0.15, 0.2) is 6.10 Å². The molecule has 0 fully saturated rings. The number of halogens is 1. The van der Waals surface area contributed by atoms with Gasteiger partial charge in [-0.25, -0.2) is 0 Å². The van der Waals surface area contributed by atoms with Gasteiger partial charge in [-0.2, -0.15) is 0 Å². The summed E-state index contributed by atoms with van der Waals surface area (Å²) >= 11 is 3.41. The Morgan fingerprint density at radius 3 is 2.63 bits per heavy atom. The van der Waals surface area contributed by atoms with Crippen molar-refractivity contribution in [3.05, 3.63) is 28.2 Å². The van der Waals surface area contributed by atoms with E-state index in [0.29, 0.717) is 0 Å². The molecule has 0 saturated carbocycles. The summed E-state index contributed by atoms with van der Waals surface area (Å²) in [5, 5.41) is 2.98. The van der Waals surface area contributed by atoms with Crippen molar-refractivity contribution in [1.82, 2.24) is 5.32 Å². The molecule has 1 rings (SSSR count). The van der Waals surface area contributed by atoms with Gasteiger partial charge in [-0.05, 0) is 57.9 Å². The molecule has 0 aromatic heterocycles. The van der Waals surface area contributed by atoms with Crippen molar-refractivity contribution in [2.45, 2.75) is 52.7 Å². The Balaban J connectivity index is 2.69. The average molecular weight is 328 g/mol. The van der Waals surface area contributed by atoms with Crippen molar-refractivity contribution in [3.8, 4) is 5.75 Å². The molecule has 0 radical (unpaired) electrons. The van der Waals surface area contributed by atoms with E-state index in [4.69, 9.17) is 4.74 Å². The van der Waals surface area contributed by atoms with Crippen molar-refractivity contribution in [2.24, 2.45) is 0 Å². The second-order valence-corrected chi connectivity index (χ2v) is 6.31. The van der Waals surface area contributed by atoms with Crippen LogP contribution >= 0.6 is 15.9 Å². The van der Waals surface area contributed by atoms with Gasteiger partial charge in [-0.1, -0.05) is 22.9 Å². The number of carbonyl (C=O) groups is 1. The molecular weight excluding hydrogens is 306 g/mol. The van der Waals surface area contributed by atoms with Crippen LogP contribution in [-0.4, -0.2) is 17.6 Å². The molecule has 4 heteroatoms. The number of amides is 1. The molecule has 0 aliphatic rings. The van der Waals surface area contributed by atoms with E-state index < -0.39 is 6.10 Å². The van der Waals surface area contributed by atoms with Crippen LogP contribution in [0.3, 0.4) is 0 Å². The van der Waals surface area contributed by atoms with Gasteiger partial charge in [-0.3, -0.25) is 4.79 Å². The van der Waals surface area contributed by atoms with Crippen LogP contribution < -0.4 is 10.1 Å². The predicted molar refractivity (Wildman–Crippen MR) is 81.5 cm³/mol. The first kappa shape index (κ1) is 16.0. The quantitative estimate of drug-likeness (QED) is 0.892. The molecule has 1 amide bonds. The summed E-state index contributed by atoms with van der Waals surface area (Å²) in [6, 6.07) is 5.74. The van der Waals surface area contributed by atoms with Gasteiger partial charge in [0.1, 0.15) is 5.75 Å². The number of hydrogen-bond acceptors (Lipinski definition) is 2. The Labute approximate surface area is 123 Å². The van der Waals surface area contributed by atoms with Crippen LogP contribution in [0.5, 0.6) is 5.75 Å². The van der Waals surface area contributed by atoms with E-state index >= 15 is 0 Å². The summed E-state index contributed by atoms with van der Waals surface area (Å²) in [7, 11) is 0. The largest absolute Gasteiger partial charge is 0.481 e. The molecule has 19 heavy (non-hydrogen) atoms. The SMILES string of the molecule is CCC(C)(C)NC(=O)C(C)Oc1ccc(Br)cc1C. The second-order valence-electron chi connectivity index (χ2n) is 5.40. The van der Waals surface area contributed by atoms with Gasteiger partial charge in [0.25, 0.3) is 5.91 Å². The van der Waals surface area contributed by atoms with Crippen LogP contribution in [0.15, 0.2) is 22.7 Å². The molecule has 1 aromatic carbocycles. The second kappa shape index (κ2) is 6.42. The van der Waals surface area contributed by atoms with Crippen molar-refractivity contribution >= 4 is 21.8 Å². The van der Waals surface area contributed by atoms with Crippen molar-refractivity contribution < 1.29 is 9.53 Å². The maximum Gasteiger partial charge on any atom is 0.261 e. The lowest BCUT2D eigenvalue weighted by molar-refractivity contribution is -0.129. The van der Waals surface area contributed by atoms with Crippen molar-refractivity contribution in [2.75, 3.05) is 0 Å². The van der Waals surface area contributed by atoms with Crippen LogP contribution in [0.1, 0.15) is 39.7 Å². The summed E-state index contributed by atoms with van der Waals surface area (Å²) in [5.74, 6) is 0.648.